The van der Waals surface area contributed by atoms with Gasteiger partial charge in [-0.3, -0.25) is 0 Å². The van der Waals surface area contributed by atoms with Crippen molar-refractivity contribution in [1.29, 1.82) is 0 Å². The lowest BCUT2D eigenvalue weighted by Crippen LogP contribution is -2.00. The molecule has 0 N–H and O–H groups in total. The summed E-state index contributed by atoms with van der Waals surface area (Å²) in [5, 5.41) is 6.93. The van der Waals surface area contributed by atoms with E-state index in [-0.39, 0.29) is 0 Å². The van der Waals surface area contributed by atoms with Crippen LogP contribution >= 0.6 is 11.3 Å². The van der Waals surface area contributed by atoms with Gasteiger partial charge in [0.05, 0.1) is 16.7 Å². The number of fused-ring (bicyclic) bond motifs is 9. The molecule has 8 aromatic carbocycles. The van der Waals surface area contributed by atoms with Crippen molar-refractivity contribution >= 4 is 75.3 Å². The molecule has 266 valence electrons. The Morgan fingerprint density at radius 3 is 1.63 bits per heavy atom. The summed E-state index contributed by atoms with van der Waals surface area (Å²) in [5.74, 6) is 1.84. The first-order chi connectivity index (χ1) is 28.2. The normalized spacial score (nSPS) is 11.9. The predicted octanol–water partition coefficient (Wildman–Crippen LogP) is 13.9. The van der Waals surface area contributed by atoms with Crippen molar-refractivity contribution in [3.63, 3.8) is 0 Å². The number of nitrogens with zero attached hydrogens (tertiary/aromatic N) is 4. The van der Waals surface area contributed by atoms with Crippen molar-refractivity contribution in [2.45, 2.75) is 0 Å². The summed E-state index contributed by atoms with van der Waals surface area (Å²) in [7, 11) is 0. The Morgan fingerprint density at radius 1 is 0.368 bits per heavy atom. The first-order valence-electron chi connectivity index (χ1n) is 19.0. The Balaban J connectivity index is 1.08. The van der Waals surface area contributed by atoms with E-state index in [0.717, 1.165) is 66.5 Å². The first-order valence-corrected chi connectivity index (χ1v) is 19.8. The van der Waals surface area contributed by atoms with Gasteiger partial charge in [0, 0.05) is 58.4 Å². The molecule has 6 heteroatoms. The Bertz CT molecular complexity index is 3470. The first kappa shape index (κ1) is 31.9. The number of furan rings is 1. The fourth-order valence-electron chi connectivity index (χ4n) is 8.36. The molecule has 4 aromatic heterocycles. The lowest BCUT2D eigenvalue weighted by Gasteiger charge is -2.11. The summed E-state index contributed by atoms with van der Waals surface area (Å²) in [6, 6.07) is 63.8. The SMILES string of the molecule is c1ccc(-c2cc(-n3c4ccccc4c4ccccc43)c3oc4cc(-c5nc(-c6ccccc6)nc(-c6ccc7sc8ccccc8c7c6)n5)ccc4c3c2)cc1. The van der Waals surface area contributed by atoms with E-state index in [1.807, 2.05) is 30.3 Å². The summed E-state index contributed by atoms with van der Waals surface area (Å²) in [6.07, 6.45) is 0. The summed E-state index contributed by atoms with van der Waals surface area (Å²) in [5.41, 5.74) is 9.84. The molecule has 5 nitrogen and oxygen atoms in total. The van der Waals surface area contributed by atoms with Crippen LogP contribution in [0.2, 0.25) is 0 Å². The molecule has 0 radical (unpaired) electrons. The van der Waals surface area contributed by atoms with Crippen LogP contribution in [0.15, 0.2) is 186 Å². The number of rotatable bonds is 5. The maximum atomic E-state index is 6.98. The van der Waals surface area contributed by atoms with Crippen molar-refractivity contribution in [3.8, 4) is 51.0 Å². The van der Waals surface area contributed by atoms with E-state index in [0.29, 0.717) is 17.5 Å². The van der Waals surface area contributed by atoms with E-state index in [4.69, 9.17) is 19.4 Å². The van der Waals surface area contributed by atoms with Gasteiger partial charge in [0.25, 0.3) is 0 Å². The maximum absolute atomic E-state index is 6.98. The van der Waals surface area contributed by atoms with Crippen LogP contribution in [0.1, 0.15) is 0 Å². The molecule has 0 aliphatic carbocycles. The molecule has 0 saturated carbocycles. The molecule has 0 fully saturated rings. The minimum atomic E-state index is 0.587. The second-order valence-corrected chi connectivity index (χ2v) is 15.5. The molecule has 0 aliphatic rings. The topological polar surface area (TPSA) is 56.7 Å². The number of hydrogen-bond donors (Lipinski definition) is 0. The lowest BCUT2D eigenvalue weighted by atomic mass is 10.0. The van der Waals surface area contributed by atoms with Crippen LogP contribution in [-0.4, -0.2) is 19.5 Å². The molecule has 0 unspecified atom stereocenters. The highest BCUT2D eigenvalue weighted by Gasteiger charge is 2.21. The number of thiophene rings is 1. The highest BCUT2D eigenvalue weighted by Crippen LogP contribution is 2.42. The third-order valence-electron chi connectivity index (χ3n) is 11.0. The quantitative estimate of drug-likeness (QED) is 0.176. The van der Waals surface area contributed by atoms with Crippen molar-refractivity contribution in [3.05, 3.63) is 182 Å². The Morgan fingerprint density at radius 2 is 0.912 bits per heavy atom. The molecule has 0 bridgehead atoms. The van der Waals surface area contributed by atoms with E-state index in [2.05, 4.69) is 156 Å². The second-order valence-electron chi connectivity index (χ2n) is 14.4. The van der Waals surface area contributed by atoms with E-state index in [1.54, 1.807) is 11.3 Å². The van der Waals surface area contributed by atoms with E-state index in [1.165, 1.54) is 30.9 Å². The van der Waals surface area contributed by atoms with Crippen LogP contribution in [0.4, 0.5) is 0 Å². The molecular formula is C51H30N4OS. The van der Waals surface area contributed by atoms with Gasteiger partial charge in [-0.2, -0.15) is 0 Å². The number of benzene rings is 8. The van der Waals surface area contributed by atoms with Gasteiger partial charge in [-0.15, -0.1) is 11.3 Å². The van der Waals surface area contributed by atoms with Crippen molar-refractivity contribution < 1.29 is 4.42 Å². The molecule has 0 spiro atoms. The minimum Gasteiger partial charge on any atom is -0.454 e. The van der Waals surface area contributed by atoms with Crippen molar-refractivity contribution in [2.24, 2.45) is 0 Å². The number of aromatic nitrogens is 4. The van der Waals surface area contributed by atoms with Crippen LogP contribution in [0.5, 0.6) is 0 Å². The third-order valence-corrected chi connectivity index (χ3v) is 12.2. The molecule has 0 amide bonds. The van der Waals surface area contributed by atoms with Gasteiger partial charge in [-0.05, 0) is 71.8 Å². The summed E-state index contributed by atoms with van der Waals surface area (Å²) < 4.78 is 11.8. The standard InChI is InChI=1S/C51H30N4OS/c1-3-13-31(14-4-1)35-28-41-38-25-23-34(30-45(38)56-48(41)44(29-35)55-42-20-10-7-17-36(42)37-18-8-11-21-43(37)55)51-53-49(32-15-5-2-6-16-32)52-50(54-51)33-24-26-47-40(27-33)39-19-9-12-22-46(39)57-47/h1-30H. The zero-order chi connectivity index (χ0) is 37.5. The van der Waals surface area contributed by atoms with E-state index in [9.17, 15) is 0 Å². The van der Waals surface area contributed by atoms with E-state index < -0.39 is 0 Å². The zero-order valence-electron chi connectivity index (χ0n) is 30.4. The molecule has 57 heavy (non-hydrogen) atoms. The van der Waals surface area contributed by atoms with Gasteiger partial charge in [0.2, 0.25) is 0 Å². The van der Waals surface area contributed by atoms with Crippen LogP contribution in [0, 0.1) is 0 Å². The molecule has 12 aromatic rings. The highest BCUT2D eigenvalue weighted by atomic mass is 32.1. The minimum absolute atomic E-state index is 0.587. The molecule has 0 saturated heterocycles. The smallest absolute Gasteiger partial charge is 0.164 e. The van der Waals surface area contributed by atoms with Gasteiger partial charge in [-0.1, -0.05) is 121 Å². The third kappa shape index (κ3) is 5.12. The molecule has 0 atom stereocenters. The molecular weight excluding hydrogens is 717 g/mol. The Kier molecular flexibility index (Phi) is 7.03. The highest BCUT2D eigenvalue weighted by molar-refractivity contribution is 7.25. The fourth-order valence-corrected chi connectivity index (χ4v) is 9.45. The van der Waals surface area contributed by atoms with Crippen molar-refractivity contribution in [1.82, 2.24) is 19.5 Å². The Labute approximate surface area is 330 Å². The van der Waals surface area contributed by atoms with Crippen LogP contribution < -0.4 is 0 Å². The van der Waals surface area contributed by atoms with Crippen LogP contribution in [-0.2, 0) is 0 Å². The number of para-hydroxylation sites is 2. The lowest BCUT2D eigenvalue weighted by molar-refractivity contribution is 0.666. The molecule has 0 aliphatic heterocycles. The van der Waals surface area contributed by atoms with Gasteiger partial charge >= 0.3 is 0 Å². The second kappa shape index (κ2) is 12.6. The number of hydrogen-bond acceptors (Lipinski definition) is 5. The average molecular weight is 747 g/mol. The summed E-state index contributed by atoms with van der Waals surface area (Å²) in [4.78, 5) is 15.3. The fraction of sp³-hybridized carbons (Fsp3) is 0. The molecule has 12 rings (SSSR count). The Hall–Kier alpha value is -7.41. The van der Waals surface area contributed by atoms with Crippen LogP contribution in [0.3, 0.4) is 0 Å². The van der Waals surface area contributed by atoms with Crippen LogP contribution in [0.25, 0.3) is 115 Å². The average Bonchev–Trinajstić information content (AvgIpc) is 3.95. The van der Waals surface area contributed by atoms with Gasteiger partial charge in [0.1, 0.15) is 5.58 Å². The summed E-state index contributed by atoms with van der Waals surface area (Å²) in [6.45, 7) is 0. The largest absolute Gasteiger partial charge is 0.454 e. The van der Waals surface area contributed by atoms with Gasteiger partial charge in [-0.25, -0.2) is 15.0 Å². The predicted molar refractivity (Wildman–Crippen MR) is 236 cm³/mol. The maximum Gasteiger partial charge on any atom is 0.164 e. The van der Waals surface area contributed by atoms with Gasteiger partial charge in [0.15, 0.2) is 23.1 Å². The van der Waals surface area contributed by atoms with Gasteiger partial charge < -0.3 is 8.98 Å². The zero-order valence-corrected chi connectivity index (χ0v) is 31.2. The van der Waals surface area contributed by atoms with Crippen molar-refractivity contribution in [2.75, 3.05) is 0 Å². The van der Waals surface area contributed by atoms with E-state index >= 15 is 0 Å². The monoisotopic (exact) mass is 746 g/mol. The summed E-state index contributed by atoms with van der Waals surface area (Å²) >= 11 is 1.80. The molecule has 4 heterocycles.